The zero-order valence-electron chi connectivity index (χ0n) is 19.2. The van der Waals surface area contributed by atoms with Crippen LogP contribution < -0.4 is 10.1 Å². The maximum atomic E-state index is 12.0. The lowest BCUT2D eigenvalue weighted by molar-refractivity contribution is -0.204. The number of likely N-dealkylation sites (N-methyl/N-ethyl adjacent to an activating group) is 1. The van der Waals surface area contributed by atoms with Crippen LogP contribution in [0.15, 0.2) is 12.1 Å². The van der Waals surface area contributed by atoms with E-state index < -0.39 is 17.6 Å². The van der Waals surface area contributed by atoms with Crippen molar-refractivity contribution in [1.82, 2.24) is 10.2 Å². The summed E-state index contributed by atoms with van der Waals surface area (Å²) in [6.07, 6.45) is 5.63. The predicted octanol–water partition coefficient (Wildman–Crippen LogP) is 2.84. The number of piperidine rings is 1. The topological polar surface area (TPSA) is 91.3 Å². The van der Waals surface area contributed by atoms with Gasteiger partial charge in [-0.15, -0.1) is 24.8 Å². The molecule has 7 nitrogen and oxygen atoms in total. The molecule has 6 atom stereocenters. The molecule has 10 heteroatoms. The van der Waals surface area contributed by atoms with Crippen molar-refractivity contribution >= 4 is 42.5 Å². The second-order valence-corrected chi connectivity index (χ2v) is 10.5. The number of carbonyl (C=O) groups is 1. The van der Waals surface area contributed by atoms with E-state index in [4.69, 9.17) is 9.47 Å². The van der Waals surface area contributed by atoms with Gasteiger partial charge in [-0.1, -0.05) is 6.07 Å². The number of aromatic hydroxyl groups is 1. The van der Waals surface area contributed by atoms with Crippen LogP contribution in [-0.4, -0.2) is 83.6 Å². The largest absolute Gasteiger partial charge is 0.504 e. The summed E-state index contributed by atoms with van der Waals surface area (Å²) in [4.78, 5) is 14.4. The summed E-state index contributed by atoms with van der Waals surface area (Å²) >= 11 is 1.66. The highest BCUT2D eigenvalue weighted by Crippen LogP contribution is 2.66. The van der Waals surface area contributed by atoms with E-state index in [2.05, 4.69) is 17.3 Å². The van der Waals surface area contributed by atoms with Gasteiger partial charge in [0.15, 0.2) is 11.5 Å². The Balaban J connectivity index is 0.00000153. The minimum atomic E-state index is -0.820. The number of carboxylic acids is 1. The number of thioether (sulfide) groups is 1. The molecule has 33 heavy (non-hydrogen) atoms. The van der Waals surface area contributed by atoms with Gasteiger partial charge in [-0.2, -0.15) is 11.8 Å². The number of methoxy groups -OCH3 is 1. The molecule has 1 spiro atoms. The van der Waals surface area contributed by atoms with Crippen molar-refractivity contribution in [1.29, 1.82) is 0 Å². The molecule has 2 aliphatic carbocycles. The highest BCUT2D eigenvalue weighted by molar-refractivity contribution is 7.98. The molecule has 2 heterocycles. The fraction of sp³-hybridized carbons (Fsp3) is 0.696. The number of rotatable bonds is 7. The van der Waals surface area contributed by atoms with Crippen LogP contribution in [0.5, 0.6) is 11.5 Å². The van der Waals surface area contributed by atoms with Gasteiger partial charge in [-0.3, -0.25) is 10.1 Å². The van der Waals surface area contributed by atoms with Gasteiger partial charge in [0, 0.05) is 24.8 Å². The van der Waals surface area contributed by atoms with Crippen LogP contribution in [0.2, 0.25) is 0 Å². The number of aliphatic carboxylic acids is 1. The van der Waals surface area contributed by atoms with E-state index >= 15 is 0 Å². The second-order valence-electron chi connectivity index (χ2n) is 9.49. The number of nitrogens with zero attached hydrogens (tertiary/aromatic N) is 1. The smallest absolute Gasteiger partial charge is 0.320 e. The lowest BCUT2D eigenvalue weighted by Crippen LogP contribution is -2.78. The van der Waals surface area contributed by atoms with Crippen molar-refractivity contribution in [3.63, 3.8) is 0 Å². The number of halogens is 2. The molecule has 1 saturated carbocycles. The molecule has 186 valence electrons. The first-order valence-corrected chi connectivity index (χ1v) is 12.5. The number of phenolic OH excluding ortho intramolecular Hbond substituents is 1. The molecular weight excluding hydrogens is 487 g/mol. The average molecular weight is 522 g/mol. The molecule has 0 aromatic heterocycles. The number of likely N-dealkylation sites (tertiary alicyclic amines) is 1. The predicted molar refractivity (Wildman–Crippen MR) is 134 cm³/mol. The van der Waals surface area contributed by atoms with Crippen LogP contribution in [0.25, 0.3) is 0 Å². The molecule has 2 bridgehead atoms. The molecule has 0 amide bonds. The van der Waals surface area contributed by atoms with E-state index in [0.29, 0.717) is 12.2 Å². The van der Waals surface area contributed by atoms with Crippen molar-refractivity contribution in [3.8, 4) is 11.5 Å². The number of hydrogen-bond acceptors (Lipinski definition) is 7. The Bertz CT molecular complexity index is 908. The van der Waals surface area contributed by atoms with E-state index in [0.717, 1.165) is 43.5 Å². The number of phenols is 1. The maximum Gasteiger partial charge on any atom is 0.320 e. The summed E-state index contributed by atoms with van der Waals surface area (Å²) in [5.74, 6) is 0.712. The monoisotopic (exact) mass is 520 g/mol. The van der Waals surface area contributed by atoms with Gasteiger partial charge in [0.25, 0.3) is 0 Å². The van der Waals surface area contributed by atoms with Crippen LogP contribution in [0.3, 0.4) is 0 Å². The molecule has 1 aromatic rings. The van der Waals surface area contributed by atoms with E-state index in [1.165, 1.54) is 5.56 Å². The number of benzene rings is 1. The van der Waals surface area contributed by atoms with Crippen LogP contribution in [-0.2, 0) is 21.4 Å². The third-order valence-electron chi connectivity index (χ3n) is 8.38. The summed E-state index contributed by atoms with van der Waals surface area (Å²) < 4.78 is 13.0. The van der Waals surface area contributed by atoms with Crippen molar-refractivity contribution in [2.75, 3.05) is 32.7 Å². The lowest BCUT2D eigenvalue weighted by atomic mass is 9.48. The van der Waals surface area contributed by atoms with E-state index in [9.17, 15) is 15.0 Å². The SMILES string of the molecule is CO[C@@]12CC[C@H](N[C@@H](CCSC)C(=O)O)[C@@H]3Oc4c(O)ccc5c4[C@@]31CCN(C)[C@@H]2C5.Cl.Cl. The van der Waals surface area contributed by atoms with Crippen molar-refractivity contribution < 1.29 is 24.5 Å². The average Bonchev–Trinajstić information content (AvgIpc) is 3.11. The van der Waals surface area contributed by atoms with Gasteiger partial charge >= 0.3 is 5.97 Å². The molecular formula is C23H34Cl2N2O5S. The number of nitrogens with one attached hydrogen (secondary N) is 1. The van der Waals surface area contributed by atoms with Gasteiger partial charge in [0.05, 0.1) is 11.0 Å². The van der Waals surface area contributed by atoms with Crippen molar-refractivity contribution in [2.45, 2.75) is 67.3 Å². The molecule has 2 fully saturated rings. The Kier molecular flexibility index (Phi) is 7.79. The highest BCUT2D eigenvalue weighted by Gasteiger charge is 2.73. The Morgan fingerprint density at radius 3 is 2.82 bits per heavy atom. The molecule has 0 radical (unpaired) electrons. The first-order chi connectivity index (χ1) is 14.9. The Labute approximate surface area is 211 Å². The van der Waals surface area contributed by atoms with E-state index in [1.54, 1.807) is 17.8 Å². The fourth-order valence-electron chi connectivity index (χ4n) is 7.08. The quantitative estimate of drug-likeness (QED) is 0.505. The number of ether oxygens (including phenoxy) is 2. The molecule has 2 aliphatic heterocycles. The maximum absolute atomic E-state index is 12.0. The molecule has 5 rings (SSSR count). The van der Waals surface area contributed by atoms with Crippen LogP contribution in [0.1, 0.15) is 36.8 Å². The first kappa shape index (κ1) is 26.7. The van der Waals surface area contributed by atoms with Gasteiger partial charge in [0.2, 0.25) is 0 Å². The zero-order chi connectivity index (χ0) is 22.0. The molecule has 3 N–H and O–H groups in total. The first-order valence-electron chi connectivity index (χ1n) is 11.1. The summed E-state index contributed by atoms with van der Waals surface area (Å²) in [7, 11) is 3.98. The number of carboxylic acid groups (broad SMARTS) is 1. The van der Waals surface area contributed by atoms with Crippen LogP contribution >= 0.6 is 36.6 Å². The standard InChI is InChI=1S/C23H32N2O5S.2ClH/c1-25-10-9-22-18-13-4-5-16(26)19(18)30-20(22)14(24-15(21(27)28)7-11-31-3)6-8-23(22,29-2)17(25)12-13;;/h4-5,14-15,17,20,24,26H,6-12H2,1-3H3,(H,27,28);2*1H/t14-,15-,17+,20-,22-,23+;;/m0../s1. The molecule has 0 unspecified atom stereocenters. The number of hydrogen-bond donors (Lipinski definition) is 3. The third kappa shape index (κ3) is 3.55. The van der Waals surface area contributed by atoms with Crippen LogP contribution in [0, 0.1) is 0 Å². The lowest BCUT2D eigenvalue weighted by Gasteiger charge is -2.65. The van der Waals surface area contributed by atoms with Crippen molar-refractivity contribution in [2.24, 2.45) is 0 Å². The third-order valence-corrected chi connectivity index (χ3v) is 9.02. The Hall–Kier alpha value is -0.900. The summed E-state index contributed by atoms with van der Waals surface area (Å²) in [6.45, 7) is 0.922. The minimum Gasteiger partial charge on any atom is -0.504 e. The molecule has 1 saturated heterocycles. The normalized spacial score (nSPS) is 34.3. The second kappa shape index (κ2) is 9.63. The zero-order valence-corrected chi connectivity index (χ0v) is 21.7. The van der Waals surface area contributed by atoms with Crippen molar-refractivity contribution in [3.05, 3.63) is 23.3 Å². The van der Waals surface area contributed by atoms with Crippen LogP contribution in [0.4, 0.5) is 0 Å². The van der Waals surface area contributed by atoms with Gasteiger partial charge in [-0.25, -0.2) is 0 Å². The van der Waals surface area contributed by atoms with Gasteiger partial charge in [0.1, 0.15) is 12.1 Å². The highest BCUT2D eigenvalue weighted by atomic mass is 35.5. The minimum absolute atomic E-state index is 0. The molecule has 4 aliphatic rings. The van der Waals surface area contributed by atoms with E-state index in [-0.39, 0.29) is 54.2 Å². The van der Waals surface area contributed by atoms with Gasteiger partial charge < -0.3 is 24.6 Å². The molecule has 1 aromatic carbocycles. The summed E-state index contributed by atoms with van der Waals surface area (Å²) in [6, 6.07) is 3.26. The summed E-state index contributed by atoms with van der Waals surface area (Å²) in [5.41, 5.74) is 1.52. The fourth-order valence-corrected chi connectivity index (χ4v) is 7.55. The Morgan fingerprint density at radius 2 is 2.15 bits per heavy atom. The van der Waals surface area contributed by atoms with E-state index in [1.807, 2.05) is 19.4 Å². The Morgan fingerprint density at radius 1 is 1.39 bits per heavy atom. The summed E-state index contributed by atoms with van der Waals surface area (Å²) in [5, 5.41) is 24.0. The van der Waals surface area contributed by atoms with Gasteiger partial charge in [-0.05, 0) is 69.3 Å².